The molecule has 1 aliphatic rings. The van der Waals surface area contributed by atoms with E-state index in [1.807, 2.05) is 13.0 Å². The zero-order valence-electron chi connectivity index (χ0n) is 15.4. The van der Waals surface area contributed by atoms with E-state index in [0.717, 1.165) is 19.4 Å². The third-order valence-corrected chi connectivity index (χ3v) is 4.53. The Kier molecular flexibility index (Phi) is 6.18. The summed E-state index contributed by atoms with van der Waals surface area (Å²) in [6, 6.07) is 6.55. The first kappa shape index (κ1) is 19.0. The topological polar surface area (TPSA) is 105 Å². The van der Waals surface area contributed by atoms with E-state index in [1.165, 1.54) is 0 Å². The third-order valence-electron chi connectivity index (χ3n) is 4.53. The Morgan fingerprint density at radius 1 is 1.26 bits per heavy atom. The Morgan fingerprint density at radius 2 is 2.07 bits per heavy atom. The maximum Gasteiger partial charge on any atom is 0.266 e. The normalized spacial score (nSPS) is 16.6. The highest BCUT2D eigenvalue weighted by Gasteiger charge is 2.33. The number of carbonyl (C=O) groups is 3. The van der Waals surface area contributed by atoms with Crippen molar-refractivity contribution in [1.29, 1.82) is 0 Å². The van der Waals surface area contributed by atoms with E-state index in [-0.39, 0.29) is 30.8 Å². The minimum Gasteiger partial charge on any atom is -0.434 e. The van der Waals surface area contributed by atoms with Crippen molar-refractivity contribution >= 4 is 28.7 Å². The van der Waals surface area contributed by atoms with Crippen LogP contribution in [-0.2, 0) is 9.59 Å². The van der Waals surface area contributed by atoms with Crippen molar-refractivity contribution in [1.82, 2.24) is 20.5 Å². The lowest BCUT2D eigenvalue weighted by atomic mass is 10.2. The Labute approximate surface area is 157 Å². The average molecular weight is 372 g/mol. The van der Waals surface area contributed by atoms with Crippen LogP contribution in [0.5, 0.6) is 0 Å². The van der Waals surface area contributed by atoms with Crippen LogP contribution >= 0.6 is 0 Å². The maximum absolute atomic E-state index is 12.5. The molecule has 27 heavy (non-hydrogen) atoms. The molecule has 0 saturated carbocycles. The molecule has 1 atom stereocenters. The molecule has 1 fully saturated rings. The highest BCUT2D eigenvalue weighted by atomic mass is 16.4. The summed E-state index contributed by atoms with van der Waals surface area (Å²) in [5.74, 6) is -0.841. The predicted molar refractivity (Wildman–Crippen MR) is 99.2 cm³/mol. The Hall–Kier alpha value is -2.74. The summed E-state index contributed by atoms with van der Waals surface area (Å²) < 4.78 is 5.42. The molecule has 0 aliphatic carbocycles. The monoisotopic (exact) mass is 372 g/mol. The lowest BCUT2D eigenvalue weighted by Gasteiger charge is -2.24. The van der Waals surface area contributed by atoms with Crippen LogP contribution in [0.4, 0.5) is 0 Å². The van der Waals surface area contributed by atoms with Crippen LogP contribution in [0.2, 0.25) is 0 Å². The smallest absolute Gasteiger partial charge is 0.266 e. The Bertz CT molecular complexity index is 799. The number of rotatable bonds is 8. The fraction of sp³-hybridized carbons (Fsp3) is 0.474. The number of para-hydroxylation sites is 2. The number of oxazole rings is 1. The van der Waals surface area contributed by atoms with E-state index in [2.05, 4.69) is 15.6 Å². The van der Waals surface area contributed by atoms with E-state index in [0.29, 0.717) is 24.1 Å². The van der Waals surface area contributed by atoms with Crippen molar-refractivity contribution in [3.05, 3.63) is 30.2 Å². The van der Waals surface area contributed by atoms with Gasteiger partial charge in [-0.3, -0.25) is 14.4 Å². The third kappa shape index (κ3) is 4.51. The van der Waals surface area contributed by atoms with Crippen LogP contribution in [0.25, 0.3) is 11.1 Å². The van der Waals surface area contributed by atoms with Gasteiger partial charge in [-0.15, -0.1) is 0 Å². The molecular weight excluding hydrogens is 348 g/mol. The van der Waals surface area contributed by atoms with Crippen molar-refractivity contribution in [2.45, 2.75) is 32.2 Å². The van der Waals surface area contributed by atoms with Crippen molar-refractivity contribution in [2.75, 3.05) is 26.2 Å². The minimum absolute atomic E-state index is 0.0281. The molecule has 2 N–H and O–H groups in total. The number of nitrogens with zero attached hydrogens (tertiary/aromatic N) is 2. The number of benzene rings is 1. The number of nitrogens with one attached hydrogen (secondary N) is 2. The Morgan fingerprint density at radius 3 is 2.85 bits per heavy atom. The highest BCUT2D eigenvalue weighted by molar-refractivity contribution is 5.98. The van der Waals surface area contributed by atoms with Gasteiger partial charge in [0.25, 0.3) is 5.89 Å². The van der Waals surface area contributed by atoms with E-state index in [4.69, 9.17) is 4.42 Å². The zero-order chi connectivity index (χ0) is 19.2. The molecule has 0 bridgehead atoms. The molecular formula is C19H24N4O4. The minimum atomic E-state index is -0.530. The first-order chi connectivity index (χ1) is 13.1. The summed E-state index contributed by atoms with van der Waals surface area (Å²) in [7, 11) is 0. The van der Waals surface area contributed by atoms with Crippen molar-refractivity contribution < 1.29 is 18.8 Å². The number of hydrogen-bond donors (Lipinski definition) is 2. The van der Waals surface area contributed by atoms with Gasteiger partial charge < -0.3 is 20.0 Å². The Balaban J connectivity index is 1.54. The number of likely N-dealkylation sites (tertiary alicyclic amines) is 1. The molecule has 1 unspecified atom stereocenters. The fourth-order valence-corrected chi connectivity index (χ4v) is 3.16. The van der Waals surface area contributed by atoms with Crippen LogP contribution < -0.4 is 10.6 Å². The summed E-state index contributed by atoms with van der Waals surface area (Å²) in [4.78, 5) is 42.7. The van der Waals surface area contributed by atoms with Gasteiger partial charge in [-0.1, -0.05) is 19.1 Å². The number of aromatic nitrogens is 1. The largest absolute Gasteiger partial charge is 0.434 e. The molecule has 1 aromatic carbocycles. The van der Waals surface area contributed by atoms with Gasteiger partial charge in [0.2, 0.25) is 17.6 Å². The van der Waals surface area contributed by atoms with Crippen LogP contribution in [0.3, 0.4) is 0 Å². The standard InChI is InChI=1S/C19H24N4O4/c1-2-9-20-12-17(25)23-10-5-7-14(23)18(26)21-11-15(24)19-22-13-6-3-4-8-16(13)27-19/h3-4,6,8,14,20H,2,5,7,9-12H2,1H3,(H,21,26). The average Bonchev–Trinajstić information content (AvgIpc) is 3.32. The van der Waals surface area contributed by atoms with E-state index < -0.39 is 11.8 Å². The number of fused-ring (bicyclic) bond motifs is 1. The maximum atomic E-state index is 12.5. The molecule has 1 aliphatic heterocycles. The van der Waals surface area contributed by atoms with Crippen molar-refractivity contribution in [2.24, 2.45) is 0 Å². The molecule has 0 spiro atoms. The quantitative estimate of drug-likeness (QED) is 0.531. The van der Waals surface area contributed by atoms with Gasteiger partial charge in [-0.25, -0.2) is 4.98 Å². The van der Waals surface area contributed by atoms with E-state index in [1.54, 1.807) is 23.1 Å². The highest BCUT2D eigenvalue weighted by Crippen LogP contribution is 2.18. The molecule has 3 rings (SSSR count). The van der Waals surface area contributed by atoms with Gasteiger partial charge in [0.15, 0.2) is 5.58 Å². The van der Waals surface area contributed by atoms with Gasteiger partial charge >= 0.3 is 0 Å². The van der Waals surface area contributed by atoms with Crippen LogP contribution in [-0.4, -0.2) is 59.7 Å². The van der Waals surface area contributed by atoms with Gasteiger partial charge in [0.05, 0.1) is 13.1 Å². The van der Waals surface area contributed by atoms with Crippen LogP contribution in [0.15, 0.2) is 28.7 Å². The summed E-state index contributed by atoms with van der Waals surface area (Å²) >= 11 is 0. The molecule has 2 amide bonds. The van der Waals surface area contributed by atoms with Gasteiger partial charge in [-0.2, -0.15) is 0 Å². The van der Waals surface area contributed by atoms with E-state index in [9.17, 15) is 14.4 Å². The zero-order valence-corrected chi connectivity index (χ0v) is 15.4. The molecule has 144 valence electrons. The van der Waals surface area contributed by atoms with Crippen molar-refractivity contribution in [3.8, 4) is 0 Å². The number of hydrogen-bond acceptors (Lipinski definition) is 6. The lowest BCUT2D eigenvalue weighted by Crippen LogP contribution is -2.49. The van der Waals surface area contributed by atoms with E-state index >= 15 is 0 Å². The first-order valence-corrected chi connectivity index (χ1v) is 9.27. The molecule has 1 aromatic heterocycles. The molecule has 0 radical (unpaired) electrons. The van der Waals surface area contributed by atoms with Gasteiger partial charge in [0.1, 0.15) is 11.6 Å². The summed E-state index contributed by atoms with van der Waals surface area (Å²) in [6.07, 6.45) is 2.31. The molecule has 2 heterocycles. The first-order valence-electron chi connectivity index (χ1n) is 9.27. The number of Topliss-reactive ketones (excluding diaryl/α,β-unsaturated/α-hetero) is 1. The van der Waals surface area contributed by atoms with Gasteiger partial charge in [-0.05, 0) is 37.9 Å². The second kappa shape index (κ2) is 8.77. The predicted octanol–water partition coefficient (Wildman–Crippen LogP) is 1.12. The second-order valence-electron chi connectivity index (χ2n) is 6.55. The molecule has 8 nitrogen and oxygen atoms in total. The second-order valence-corrected chi connectivity index (χ2v) is 6.55. The van der Waals surface area contributed by atoms with Crippen LogP contribution in [0, 0.1) is 0 Å². The van der Waals surface area contributed by atoms with Gasteiger partial charge in [0, 0.05) is 6.54 Å². The summed E-state index contributed by atoms with van der Waals surface area (Å²) in [5.41, 5.74) is 1.12. The number of ketones is 1. The number of carbonyl (C=O) groups excluding carboxylic acids is 3. The summed E-state index contributed by atoms with van der Waals surface area (Å²) in [6.45, 7) is 3.36. The molecule has 1 saturated heterocycles. The molecule has 2 aromatic rings. The SMILES string of the molecule is CCCNCC(=O)N1CCCC1C(=O)NCC(=O)c1nc2ccccc2o1. The number of amides is 2. The lowest BCUT2D eigenvalue weighted by molar-refractivity contribution is -0.137. The summed E-state index contributed by atoms with van der Waals surface area (Å²) in [5, 5.41) is 5.67. The molecule has 8 heteroatoms. The van der Waals surface area contributed by atoms with Crippen LogP contribution in [0.1, 0.15) is 36.9 Å². The fourth-order valence-electron chi connectivity index (χ4n) is 3.16. The van der Waals surface area contributed by atoms with Crippen molar-refractivity contribution in [3.63, 3.8) is 0 Å².